The van der Waals surface area contributed by atoms with Crippen LogP contribution in [0.5, 0.6) is 5.75 Å². The van der Waals surface area contributed by atoms with Crippen LogP contribution in [0.25, 0.3) is 0 Å². The van der Waals surface area contributed by atoms with Crippen LogP contribution in [0.3, 0.4) is 0 Å². The topological polar surface area (TPSA) is 161 Å². The van der Waals surface area contributed by atoms with Gasteiger partial charge in [0, 0.05) is 16.7 Å². The molecule has 0 bridgehead atoms. The SMILES string of the molecule is CC1(C)O[C@@H]2CC3C4CCC5=CC(=O)C=C[C@]5(C)[C@@]4(F)[C@@H](O)C[C@]3(C)[C@]2(C(=O)COC(=O)Oc2cccc(CO[N+](=O)[O-])c2)O1. The van der Waals surface area contributed by atoms with Crippen LogP contribution in [0.4, 0.5) is 9.18 Å². The number of allylic oxidation sites excluding steroid dienone is 4. The Bertz CT molecular complexity index is 1520. The number of hydrogen-bond acceptors (Lipinski definition) is 11. The number of nitrogens with zero attached hydrogens (tertiary/aromatic N) is 1. The van der Waals surface area contributed by atoms with Crippen molar-refractivity contribution in [3.63, 3.8) is 0 Å². The van der Waals surface area contributed by atoms with Crippen LogP contribution in [0.15, 0.2) is 48.1 Å². The minimum atomic E-state index is -2.10. The molecule has 6 rings (SSSR count). The van der Waals surface area contributed by atoms with E-state index in [0.717, 1.165) is 0 Å². The summed E-state index contributed by atoms with van der Waals surface area (Å²) < 4.78 is 40.7. The fraction of sp³-hybridized carbons (Fsp3) is 0.594. The lowest BCUT2D eigenvalue weighted by molar-refractivity contribution is -0.763. The van der Waals surface area contributed by atoms with Crippen molar-refractivity contribution in [2.24, 2.45) is 22.7 Å². The number of aliphatic hydroxyl groups excluding tert-OH is 1. The first-order valence-electron chi connectivity index (χ1n) is 15.0. The van der Waals surface area contributed by atoms with Gasteiger partial charge in [-0.15, -0.1) is 10.1 Å². The number of rotatable bonds is 7. The highest BCUT2D eigenvalue weighted by atomic mass is 19.1. The number of ketones is 2. The molecule has 45 heavy (non-hydrogen) atoms. The third-order valence-electron chi connectivity index (χ3n) is 10.8. The molecule has 3 saturated carbocycles. The zero-order valence-electron chi connectivity index (χ0n) is 25.4. The Balaban J connectivity index is 1.24. The van der Waals surface area contributed by atoms with Crippen LogP contribution in [-0.4, -0.2) is 63.8 Å². The molecule has 0 aromatic heterocycles. The molecule has 4 fully saturated rings. The Morgan fingerprint density at radius 1 is 1.20 bits per heavy atom. The Kier molecular flexibility index (Phi) is 7.25. The van der Waals surface area contributed by atoms with Gasteiger partial charge in [-0.3, -0.25) is 9.59 Å². The summed E-state index contributed by atoms with van der Waals surface area (Å²) in [5, 5.41) is 21.2. The predicted octanol–water partition coefficient (Wildman–Crippen LogP) is 4.35. The van der Waals surface area contributed by atoms with E-state index in [1.165, 1.54) is 30.4 Å². The monoisotopic (exact) mass is 629 g/mol. The summed E-state index contributed by atoms with van der Waals surface area (Å²) in [6, 6.07) is 5.84. The molecule has 1 N–H and O–H groups in total. The average molecular weight is 630 g/mol. The van der Waals surface area contributed by atoms with Crippen molar-refractivity contribution in [1.82, 2.24) is 0 Å². The number of alkyl halides is 1. The normalized spacial score (nSPS) is 39.1. The lowest BCUT2D eigenvalue weighted by atomic mass is 9.44. The van der Waals surface area contributed by atoms with Crippen molar-refractivity contribution in [2.75, 3.05) is 6.61 Å². The van der Waals surface area contributed by atoms with Crippen molar-refractivity contribution >= 4 is 17.7 Å². The smallest absolute Gasteiger partial charge is 0.426 e. The van der Waals surface area contributed by atoms with Crippen LogP contribution >= 0.6 is 0 Å². The van der Waals surface area contributed by atoms with Crippen LogP contribution < -0.4 is 4.74 Å². The number of aliphatic hydroxyl groups is 1. The van der Waals surface area contributed by atoms with Crippen LogP contribution in [0.2, 0.25) is 0 Å². The van der Waals surface area contributed by atoms with Gasteiger partial charge in [0.25, 0.3) is 5.09 Å². The fourth-order valence-electron chi connectivity index (χ4n) is 8.99. The number of carbonyl (C=O) groups excluding carboxylic acids is 3. The molecule has 1 heterocycles. The molecule has 8 atom stereocenters. The maximum absolute atomic E-state index is 17.6. The van der Waals surface area contributed by atoms with Gasteiger partial charge >= 0.3 is 6.16 Å². The molecule has 12 nitrogen and oxygen atoms in total. The molecule has 5 aliphatic rings. The molecule has 1 aromatic rings. The number of ether oxygens (including phenoxy) is 4. The second-order valence-corrected chi connectivity index (χ2v) is 13.6. The first kappa shape index (κ1) is 31.3. The van der Waals surface area contributed by atoms with Crippen LogP contribution in [0, 0.1) is 32.8 Å². The molecular formula is C32H36FNO11. The van der Waals surface area contributed by atoms with Gasteiger partial charge < -0.3 is 28.9 Å². The van der Waals surface area contributed by atoms with Gasteiger partial charge in [0.1, 0.15) is 12.4 Å². The number of Topliss-reactive ketones (excluding diaryl/α,β-unsaturated/α-hetero) is 1. The fourth-order valence-corrected chi connectivity index (χ4v) is 8.99. The van der Waals surface area contributed by atoms with E-state index in [0.29, 0.717) is 24.0 Å². The van der Waals surface area contributed by atoms with Crippen LogP contribution in [0.1, 0.15) is 58.9 Å². The van der Waals surface area contributed by atoms with Crippen molar-refractivity contribution in [3.8, 4) is 5.75 Å². The maximum atomic E-state index is 17.6. The van der Waals surface area contributed by atoms with E-state index < -0.39 is 75.6 Å². The zero-order valence-corrected chi connectivity index (χ0v) is 25.4. The van der Waals surface area contributed by atoms with Crippen molar-refractivity contribution < 1.29 is 52.8 Å². The molecule has 1 aliphatic heterocycles. The second-order valence-electron chi connectivity index (χ2n) is 13.6. The number of carbonyl (C=O) groups is 3. The third-order valence-corrected chi connectivity index (χ3v) is 10.8. The number of fused-ring (bicyclic) bond motifs is 7. The molecule has 2 unspecified atom stereocenters. The summed E-state index contributed by atoms with van der Waals surface area (Å²) >= 11 is 0. The first-order valence-corrected chi connectivity index (χ1v) is 15.0. The standard InChI is InChI=1S/C32H36FNO11/c1-28(2)44-26-14-23-22-9-8-19-13-20(35)10-11-29(19,3)31(22,33)24(36)15-30(23,4)32(26,45-28)25(37)17-41-27(38)43-21-7-5-6-18(12-21)16-42-34(39)40/h5-7,10-13,22-24,26,36H,8-9,14-17H2,1-4H3/t22?,23?,24-,26+,29-,30-,31-,32+/m0/s1. The Morgan fingerprint density at radius 3 is 2.69 bits per heavy atom. The Labute approximate surface area is 258 Å². The highest BCUT2D eigenvalue weighted by Crippen LogP contribution is 2.72. The van der Waals surface area contributed by atoms with E-state index in [-0.39, 0.29) is 31.0 Å². The molecule has 4 aliphatic carbocycles. The first-order chi connectivity index (χ1) is 21.1. The number of halogens is 1. The lowest BCUT2D eigenvalue weighted by Gasteiger charge is -2.62. The van der Waals surface area contributed by atoms with E-state index in [1.807, 2.05) is 6.92 Å². The van der Waals surface area contributed by atoms with Gasteiger partial charge in [-0.1, -0.05) is 30.7 Å². The predicted molar refractivity (Wildman–Crippen MR) is 152 cm³/mol. The summed E-state index contributed by atoms with van der Waals surface area (Å²) in [5.41, 5.74) is -5.02. The molecule has 0 radical (unpaired) electrons. The summed E-state index contributed by atoms with van der Waals surface area (Å²) in [6.45, 7) is 5.78. The second kappa shape index (κ2) is 10.4. The van der Waals surface area contributed by atoms with Crippen molar-refractivity contribution in [3.05, 3.63) is 63.7 Å². The summed E-state index contributed by atoms with van der Waals surface area (Å²) in [7, 11) is 0. The maximum Gasteiger partial charge on any atom is 0.514 e. The summed E-state index contributed by atoms with van der Waals surface area (Å²) in [6.07, 6.45) is 1.90. The molecular weight excluding hydrogens is 593 g/mol. The van der Waals surface area contributed by atoms with E-state index >= 15 is 4.39 Å². The van der Waals surface area contributed by atoms with E-state index in [2.05, 4.69) is 4.84 Å². The Morgan fingerprint density at radius 2 is 1.96 bits per heavy atom. The van der Waals surface area contributed by atoms with E-state index in [1.54, 1.807) is 32.9 Å². The number of benzene rings is 1. The molecule has 0 spiro atoms. The molecule has 1 saturated heterocycles. The molecule has 242 valence electrons. The van der Waals surface area contributed by atoms with Gasteiger partial charge in [0.2, 0.25) is 5.78 Å². The average Bonchev–Trinajstić information content (AvgIpc) is 3.37. The van der Waals surface area contributed by atoms with E-state index in [9.17, 15) is 29.6 Å². The summed E-state index contributed by atoms with van der Waals surface area (Å²) in [5.74, 6) is -3.08. The minimum absolute atomic E-state index is 0.0229. The molecule has 13 heteroatoms. The number of hydrogen-bond donors (Lipinski definition) is 1. The minimum Gasteiger partial charge on any atom is -0.426 e. The Hall–Kier alpha value is -3.68. The van der Waals surface area contributed by atoms with Gasteiger partial charge in [0.05, 0.1) is 12.2 Å². The molecule has 1 aromatic carbocycles. The van der Waals surface area contributed by atoms with Gasteiger partial charge in [0.15, 0.2) is 29.4 Å². The highest BCUT2D eigenvalue weighted by molar-refractivity contribution is 6.01. The van der Waals surface area contributed by atoms with Gasteiger partial charge in [-0.2, -0.15) is 0 Å². The highest BCUT2D eigenvalue weighted by Gasteiger charge is 2.80. The van der Waals surface area contributed by atoms with Crippen LogP contribution in [-0.2, 0) is 35.2 Å². The van der Waals surface area contributed by atoms with Gasteiger partial charge in [-0.05, 0) is 82.2 Å². The zero-order chi connectivity index (χ0) is 32.6. The summed E-state index contributed by atoms with van der Waals surface area (Å²) in [4.78, 5) is 53.8. The largest absolute Gasteiger partial charge is 0.514 e. The quantitative estimate of drug-likeness (QED) is 0.198. The van der Waals surface area contributed by atoms with Crippen molar-refractivity contribution in [2.45, 2.75) is 89.2 Å². The van der Waals surface area contributed by atoms with E-state index in [4.69, 9.17) is 18.9 Å². The van der Waals surface area contributed by atoms with Gasteiger partial charge in [-0.25, -0.2) is 9.18 Å². The van der Waals surface area contributed by atoms with Crippen molar-refractivity contribution in [1.29, 1.82) is 0 Å². The third kappa shape index (κ3) is 4.61. The molecule has 0 amide bonds. The lowest BCUT2D eigenvalue weighted by Crippen LogP contribution is -2.70.